The summed E-state index contributed by atoms with van der Waals surface area (Å²) < 4.78 is 2.14. The fourth-order valence-corrected chi connectivity index (χ4v) is 4.15. The van der Waals surface area contributed by atoms with E-state index >= 15 is 0 Å². The van der Waals surface area contributed by atoms with E-state index in [4.69, 9.17) is 0 Å². The minimum atomic E-state index is 0.593. The van der Waals surface area contributed by atoms with E-state index in [1.165, 1.54) is 37.9 Å². The highest BCUT2D eigenvalue weighted by molar-refractivity contribution is 4.97. The zero-order chi connectivity index (χ0) is 12.5. The van der Waals surface area contributed by atoms with Crippen LogP contribution in [0.2, 0.25) is 0 Å². The Morgan fingerprint density at radius 3 is 2.89 bits per heavy atom. The molecular weight excluding hydrogens is 222 g/mol. The molecule has 0 saturated heterocycles. The quantitative estimate of drug-likeness (QED) is 0.866. The van der Waals surface area contributed by atoms with Crippen molar-refractivity contribution in [3.8, 4) is 0 Å². The molecule has 3 heteroatoms. The summed E-state index contributed by atoms with van der Waals surface area (Å²) in [6, 6.07) is 0.593. The van der Waals surface area contributed by atoms with Crippen LogP contribution < -0.4 is 5.32 Å². The van der Waals surface area contributed by atoms with Crippen LogP contribution in [0.3, 0.4) is 0 Å². The second-order valence-corrected chi connectivity index (χ2v) is 6.31. The Hall–Kier alpha value is -0.830. The van der Waals surface area contributed by atoms with Gasteiger partial charge in [-0.15, -0.1) is 0 Å². The van der Waals surface area contributed by atoms with Crippen LogP contribution in [0.1, 0.15) is 37.9 Å². The fraction of sp³-hybridized carbons (Fsp3) is 0.800. The molecule has 1 N–H and O–H groups in total. The maximum atomic E-state index is 4.45. The lowest BCUT2D eigenvalue weighted by Gasteiger charge is -2.26. The molecule has 4 unspecified atom stereocenters. The third-order valence-corrected chi connectivity index (χ3v) is 5.23. The molecule has 2 saturated carbocycles. The fourth-order valence-electron chi connectivity index (χ4n) is 4.15. The van der Waals surface area contributed by atoms with Crippen molar-refractivity contribution < 1.29 is 0 Å². The number of hydrogen-bond acceptors (Lipinski definition) is 2. The largest absolute Gasteiger partial charge is 0.338 e. The summed E-state index contributed by atoms with van der Waals surface area (Å²) in [6.45, 7) is 0. The first-order chi connectivity index (χ1) is 8.76. The first-order valence-corrected chi connectivity index (χ1v) is 7.39. The van der Waals surface area contributed by atoms with Crippen molar-refractivity contribution in [2.75, 3.05) is 7.05 Å². The standard InChI is InChI=1S/C15H25N3/c1-16-14(10-15-17-5-6-18(15)2)9-13-8-11-3-4-12(13)7-11/h5-6,11-14,16H,3-4,7-10H2,1-2H3. The summed E-state index contributed by atoms with van der Waals surface area (Å²) in [7, 11) is 4.19. The molecule has 0 aromatic carbocycles. The maximum Gasteiger partial charge on any atom is 0.109 e. The Morgan fingerprint density at radius 1 is 1.44 bits per heavy atom. The van der Waals surface area contributed by atoms with Crippen LogP contribution in [-0.4, -0.2) is 22.6 Å². The SMILES string of the molecule is CNC(Cc1nccn1C)CC1CC2CCC1C2. The Bertz CT molecular complexity index is 398. The van der Waals surface area contributed by atoms with Crippen LogP contribution in [0.25, 0.3) is 0 Å². The number of hydrogen-bond donors (Lipinski definition) is 1. The molecule has 100 valence electrons. The van der Waals surface area contributed by atoms with Gasteiger partial charge in [-0.3, -0.25) is 0 Å². The zero-order valence-electron chi connectivity index (χ0n) is 11.6. The van der Waals surface area contributed by atoms with Crippen molar-refractivity contribution in [1.82, 2.24) is 14.9 Å². The predicted octanol–water partition coefficient (Wildman–Crippen LogP) is 2.38. The van der Waals surface area contributed by atoms with Crippen LogP contribution >= 0.6 is 0 Å². The van der Waals surface area contributed by atoms with Crippen molar-refractivity contribution in [3.05, 3.63) is 18.2 Å². The van der Waals surface area contributed by atoms with Gasteiger partial charge in [0.25, 0.3) is 0 Å². The molecule has 0 amide bonds. The third-order valence-electron chi connectivity index (χ3n) is 5.23. The molecule has 0 spiro atoms. The Kier molecular flexibility index (Phi) is 3.42. The summed E-state index contributed by atoms with van der Waals surface area (Å²) >= 11 is 0. The number of aryl methyl sites for hydroxylation is 1. The number of aromatic nitrogens is 2. The lowest BCUT2D eigenvalue weighted by atomic mass is 9.83. The summed E-state index contributed by atoms with van der Waals surface area (Å²) in [5, 5.41) is 3.50. The number of rotatable bonds is 5. The van der Waals surface area contributed by atoms with Gasteiger partial charge in [0.05, 0.1) is 0 Å². The molecule has 2 aliphatic carbocycles. The van der Waals surface area contributed by atoms with Gasteiger partial charge in [-0.25, -0.2) is 4.98 Å². The summed E-state index contributed by atoms with van der Waals surface area (Å²) in [6.07, 6.45) is 12.4. The average Bonchev–Trinajstić information content (AvgIpc) is 3.06. The summed E-state index contributed by atoms with van der Waals surface area (Å²) in [5.41, 5.74) is 0. The summed E-state index contributed by atoms with van der Waals surface area (Å²) in [4.78, 5) is 4.45. The molecule has 0 aliphatic heterocycles. The normalized spacial score (nSPS) is 32.0. The highest BCUT2D eigenvalue weighted by Crippen LogP contribution is 2.49. The van der Waals surface area contributed by atoms with Gasteiger partial charge in [0, 0.05) is 31.9 Å². The lowest BCUT2D eigenvalue weighted by Crippen LogP contribution is -2.32. The van der Waals surface area contributed by atoms with Crippen molar-refractivity contribution in [2.45, 2.75) is 44.6 Å². The van der Waals surface area contributed by atoms with E-state index in [-0.39, 0.29) is 0 Å². The Morgan fingerprint density at radius 2 is 2.33 bits per heavy atom. The van der Waals surface area contributed by atoms with Crippen LogP contribution in [-0.2, 0) is 13.5 Å². The molecule has 4 atom stereocenters. The second kappa shape index (κ2) is 5.04. The van der Waals surface area contributed by atoms with Crippen molar-refractivity contribution in [2.24, 2.45) is 24.8 Å². The van der Waals surface area contributed by atoms with E-state index in [0.717, 1.165) is 24.2 Å². The van der Waals surface area contributed by atoms with Gasteiger partial charge < -0.3 is 9.88 Å². The predicted molar refractivity (Wildman–Crippen MR) is 73.3 cm³/mol. The van der Waals surface area contributed by atoms with Gasteiger partial charge in [0.1, 0.15) is 5.82 Å². The Labute approximate surface area is 110 Å². The molecule has 18 heavy (non-hydrogen) atoms. The smallest absolute Gasteiger partial charge is 0.109 e. The molecule has 3 nitrogen and oxygen atoms in total. The van der Waals surface area contributed by atoms with Gasteiger partial charge >= 0.3 is 0 Å². The molecule has 1 aromatic heterocycles. The molecule has 2 aliphatic rings. The van der Waals surface area contributed by atoms with Gasteiger partial charge in [-0.1, -0.05) is 6.42 Å². The lowest BCUT2D eigenvalue weighted by molar-refractivity contribution is 0.280. The molecule has 2 fully saturated rings. The van der Waals surface area contributed by atoms with E-state index in [2.05, 4.69) is 29.0 Å². The zero-order valence-corrected chi connectivity index (χ0v) is 11.6. The minimum absolute atomic E-state index is 0.593. The molecule has 1 heterocycles. The Balaban J connectivity index is 1.58. The summed E-state index contributed by atoms with van der Waals surface area (Å²) in [5.74, 6) is 4.27. The monoisotopic (exact) mass is 247 g/mol. The van der Waals surface area contributed by atoms with Crippen molar-refractivity contribution >= 4 is 0 Å². The number of nitrogens with one attached hydrogen (secondary N) is 1. The van der Waals surface area contributed by atoms with E-state index < -0.39 is 0 Å². The number of likely N-dealkylation sites (N-methyl/N-ethyl adjacent to an activating group) is 1. The van der Waals surface area contributed by atoms with Gasteiger partial charge in [0.15, 0.2) is 0 Å². The van der Waals surface area contributed by atoms with E-state index in [9.17, 15) is 0 Å². The average molecular weight is 247 g/mol. The molecule has 0 radical (unpaired) electrons. The highest BCUT2D eigenvalue weighted by Gasteiger charge is 2.39. The number of nitrogens with zero attached hydrogens (tertiary/aromatic N) is 2. The molecule has 2 bridgehead atoms. The maximum absolute atomic E-state index is 4.45. The van der Waals surface area contributed by atoms with E-state index in [0.29, 0.717) is 6.04 Å². The van der Waals surface area contributed by atoms with Gasteiger partial charge in [0.2, 0.25) is 0 Å². The topological polar surface area (TPSA) is 29.9 Å². The second-order valence-electron chi connectivity index (χ2n) is 6.31. The molecule has 3 rings (SSSR count). The molecular formula is C15H25N3. The van der Waals surface area contributed by atoms with Crippen molar-refractivity contribution in [1.29, 1.82) is 0 Å². The van der Waals surface area contributed by atoms with E-state index in [1.54, 1.807) is 0 Å². The first kappa shape index (κ1) is 12.2. The van der Waals surface area contributed by atoms with Crippen LogP contribution in [0, 0.1) is 17.8 Å². The van der Waals surface area contributed by atoms with Gasteiger partial charge in [-0.05, 0) is 50.5 Å². The van der Waals surface area contributed by atoms with Crippen LogP contribution in [0.4, 0.5) is 0 Å². The highest BCUT2D eigenvalue weighted by atomic mass is 15.0. The van der Waals surface area contributed by atoms with E-state index in [1.807, 2.05) is 12.4 Å². The van der Waals surface area contributed by atoms with Crippen LogP contribution in [0.5, 0.6) is 0 Å². The molecule has 1 aromatic rings. The minimum Gasteiger partial charge on any atom is -0.338 e. The third kappa shape index (κ3) is 2.33. The van der Waals surface area contributed by atoms with Gasteiger partial charge in [-0.2, -0.15) is 0 Å². The first-order valence-electron chi connectivity index (χ1n) is 7.39. The van der Waals surface area contributed by atoms with Crippen LogP contribution in [0.15, 0.2) is 12.4 Å². The van der Waals surface area contributed by atoms with Crippen molar-refractivity contribution in [3.63, 3.8) is 0 Å². The number of imidazole rings is 1. The number of fused-ring (bicyclic) bond motifs is 2.